The van der Waals surface area contributed by atoms with Crippen LogP contribution in [0.25, 0.3) is 105 Å². The van der Waals surface area contributed by atoms with Gasteiger partial charge in [-0.1, -0.05) is 339 Å². The van der Waals surface area contributed by atoms with E-state index in [-0.39, 0.29) is 50.6 Å². The van der Waals surface area contributed by atoms with Gasteiger partial charge in [-0.3, -0.25) is 0 Å². The summed E-state index contributed by atoms with van der Waals surface area (Å²) in [5, 5.41) is 0.00926. The van der Waals surface area contributed by atoms with Gasteiger partial charge in [0, 0.05) is 56.1 Å². The second-order valence-corrected chi connectivity index (χ2v) is 31.7. The van der Waals surface area contributed by atoms with E-state index in [1.165, 1.54) is 33.4 Å². The molecule has 0 bridgehead atoms. The van der Waals surface area contributed by atoms with Crippen molar-refractivity contribution >= 4 is 55.9 Å². The van der Waals surface area contributed by atoms with E-state index >= 15 is 0 Å². The van der Waals surface area contributed by atoms with E-state index in [0.717, 1.165) is 141 Å². The average molecular weight is 1420 g/mol. The molecule has 0 saturated carbocycles. The van der Waals surface area contributed by atoms with Crippen molar-refractivity contribution in [2.45, 2.75) is 70.6 Å². The van der Waals surface area contributed by atoms with Crippen LogP contribution in [-0.2, 0) is 17.3 Å². The number of hydrogen-bond acceptors (Lipinski definition) is 2. The molecule has 0 radical (unpaired) electrons. The Bertz CT molecular complexity index is 6670. The SMILES string of the molecule is [2H]c1c([2H])c([2H])c2c(c1[2H])c1c([2H])c([2H])c([2H])c([2H])c1n2-c1ccc2c(c1)N(c1c(-c3ccccc3)cc(-c3ccccc3)cc1-c1ccccc1)c1cc(C3c4ccccc4Cc4ccccc43)cc3c1C2c1cc(-c2cc(C(C)(C)C)cc(C(C)(C)C)c2)ccc1N3c1c(-c2ccccc2)cc(-c2ccccc2)cc1-c1ccccc1. The van der Waals surface area contributed by atoms with Crippen LogP contribution < -0.4 is 9.80 Å². The molecule has 1 aromatic heterocycles. The first-order valence-corrected chi connectivity index (χ1v) is 38.2. The van der Waals surface area contributed by atoms with Gasteiger partial charge in [-0.15, -0.1) is 0 Å². The molecule has 0 saturated heterocycles. The highest BCUT2D eigenvalue weighted by Gasteiger charge is 2.45. The lowest BCUT2D eigenvalue weighted by atomic mass is 9.71. The van der Waals surface area contributed by atoms with Crippen molar-refractivity contribution < 1.29 is 11.0 Å². The minimum Gasteiger partial charge on any atom is -0.309 e. The van der Waals surface area contributed by atoms with E-state index in [9.17, 15) is 11.0 Å². The fraction of sp³-hybridized carbons (Fsp3) is 0.103. The number of benzene rings is 16. The molecule has 20 rings (SSSR count). The standard InChI is InChI=1S/C107H83N3/c1-106(2,3)82-58-78(59-83(67-82)107(4,5)6)75-53-56-97-94(60-75)102-89-55-54-84(108-95-51-31-29-49-87(95)88-50-30-32-52-96(88)108)68-98(89)110(105-92(73-41-21-11-22-42-73)63-80(70-35-15-8-16-36-70)64-93(105)74-43-23-12-24-44-74)100-66-81(101-85-47-27-25-45-76(85)57-77-46-26-28-48-86(77)101)65-99(103(100)102)109(97)104-90(71-37-17-9-18-38-71)61-79(69-33-13-7-14-34-69)62-91(104)72-39-19-10-20-40-72/h7-56,58-68,101-102H,57H2,1-6H3/i29D,30D,31D,32D,49D,50D,51D,52D. The topological polar surface area (TPSA) is 11.4 Å². The monoisotopic (exact) mass is 1420 g/mol. The summed E-state index contributed by atoms with van der Waals surface area (Å²) in [6.07, 6.45) is 0.758. The van der Waals surface area contributed by atoms with Crippen LogP contribution in [0, 0.1) is 0 Å². The maximum absolute atomic E-state index is 10.0. The smallest absolute Gasteiger partial charge is 0.0645 e. The van der Waals surface area contributed by atoms with Crippen molar-refractivity contribution in [3.05, 3.63) is 425 Å². The van der Waals surface area contributed by atoms with Crippen molar-refractivity contribution in [2.75, 3.05) is 9.80 Å². The van der Waals surface area contributed by atoms with Gasteiger partial charge in [0.15, 0.2) is 0 Å². The first kappa shape index (κ1) is 58.1. The number of hydrogen-bond donors (Lipinski definition) is 0. The van der Waals surface area contributed by atoms with Gasteiger partial charge in [-0.25, -0.2) is 0 Å². The molecule has 0 amide bonds. The molecule has 3 aliphatic rings. The van der Waals surface area contributed by atoms with Crippen LogP contribution in [0.3, 0.4) is 0 Å². The van der Waals surface area contributed by atoms with Gasteiger partial charge in [-0.05, 0) is 196 Å². The molecular weight excluding hydrogens is 1330 g/mol. The minimum atomic E-state index is -0.565. The van der Waals surface area contributed by atoms with Gasteiger partial charge in [0.1, 0.15) is 0 Å². The Balaban J connectivity index is 1.02. The molecule has 3 heterocycles. The van der Waals surface area contributed by atoms with E-state index in [0.29, 0.717) is 5.69 Å². The zero-order valence-corrected chi connectivity index (χ0v) is 62.3. The van der Waals surface area contributed by atoms with E-state index in [2.05, 4.69) is 367 Å². The van der Waals surface area contributed by atoms with E-state index in [4.69, 9.17) is 0 Å². The van der Waals surface area contributed by atoms with E-state index < -0.39 is 42.2 Å². The fourth-order valence-electron chi connectivity index (χ4n) is 17.7. The molecule has 1 unspecified atom stereocenters. The lowest BCUT2D eigenvalue weighted by Crippen LogP contribution is -2.31. The molecule has 3 heteroatoms. The Labute approximate surface area is 657 Å². The molecule has 3 nitrogen and oxygen atoms in total. The highest BCUT2D eigenvalue weighted by atomic mass is 15.2. The third-order valence-electron chi connectivity index (χ3n) is 23.0. The van der Waals surface area contributed by atoms with Crippen molar-refractivity contribution in [2.24, 2.45) is 0 Å². The number of anilines is 6. The largest absolute Gasteiger partial charge is 0.309 e. The molecule has 16 aromatic carbocycles. The zero-order valence-electron chi connectivity index (χ0n) is 70.3. The molecule has 1 atom stereocenters. The summed E-state index contributed by atoms with van der Waals surface area (Å²) >= 11 is 0. The highest BCUT2D eigenvalue weighted by molar-refractivity contribution is 6.11. The quantitative estimate of drug-likeness (QED) is 0.128. The maximum Gasteiger partial charge on any atom is 0.0645 e. The van der Waals surface area contributed by atoms with Gasteiger partial charge in [-0.2, -0.15) is 0 Å². The lowest BCUT2D eigenvalue weighted by molar-refractivity contribution is 0.569. The number of para-hydroxylation sites is 2. The van der Waals surface area contributed by atoms with Gasteiger partial charge >= 0.3 is 0 Å². The summed E-state index contributed by atoms with van der Waals surface area (Å²) in [5.74, 6) is -0.868. The third kappa shape index (κ3) is 11.2. The first-order chi connectivity index (χ1) is 57.2. The Morgan fingerprint density at radius 3 is 1.12 bits per heavy atom. The third-order valence-corrected chi connectivity index (χ3v) is 23.0. The second-order valence-electron chi connectivity index (χ2n) is 31.7. The van der Waals surface area contributed by atoms with Gasteiger partial charge in [0.25, 0.3) is 0 Å². The first-order valence-electron chi connectivity index (χ1n) is 42.2. The molecule has 110 heavy (non-hydrogen) atoms. The molecule has 17 aromatic rings. The van der Waals surface area contributed by atoms with Crippen molar-refractivity contribution in [1.29, 1.82) is 0 Å². The van der Waals surface area contributed by atoms with Crippen molar-refractivity contribution in [3.8, 4) is 83.6 Å². The molecule has 0 fully saturated rings. The van der Waals surface area contributed by atoms with Crippen LogP contribution in [0.15, 0.2) is 370 Å². The van der Waals surface area contributed by atoms with Gasteiger partial charge in [0.05, 0.1) is 56.1 Å². The normalized spacial score (nSPS) is 14.7. The zero-order chi connectivity index (χ0) is 80.9. The van der Waals surface area contributed by atoms with Crippen LogP contribution in [0.5, 0.6) is 0 Å². The van der Waals surface area contributed by atoms with Crippen molar-refractivity contribution in [3.63, 3.8) is 0 Å². The minimum absolute atomic E-state index is 0.00463. The Morgan fingerprint density at radius 1 is 0.291 bits per heavy atom. The van der Waals surface area contributed by atoms with E-state index in [1.54, 1.807) is 4.57 Å². The number of nitrogens with zero attached hydrogens (tertiary/aromatic N) is 3. The Hall–Kier alpha value is -13.1. The molecule has 526 valence electrons. The molecular formula is C107H83N3. The Kier molecular flexibility index (Phi) is 13.9. The van der Waals surface area contributed by atoms with Crippen LogP contribution in [0.4, 0.5) is 34.1 Å². The van der Waals surface area contributed by atoms with Gasteiger partial charge < -0.3 is 14.4 Å². The molecule has 2 aliphatic heterocycles. The van der Waals surface area contributed by atoms with Crippen LogP contribution in [0.1, 0.15) is 120 Å². The number of aromatic nitrogens is 1. The molecule has 0 N–H and O–H groups in total. The maximum atomic E-state index is 10.0. The average Bonchev–Trinajstić information content (AvgIpc) is 0.906. The summed E-state index contributed by atoms with van der Waals surface area (Å²) < 4.78 is 78.5. The summed E-state index contributed by atoms with van der Waals surface area (Å²) in [4.78, 5) is 5.12. The number of rotatable bonds is 11. The second kappa shape index (κ2) is 26.4. The fourth-order valence-corrected chi connectivity index (χ4v) is 17.7. The lowest BCUT2D eigenvalue weighted by Gasteiger charge is -2.47. The summed E-state index contributed by atoms with van der Waals surface area (Å²) in [5.41, 5.74) is 31.2. The van der Waals surface area contributed by atoms with Crippen LogP contribution in [-0.4, -0.2) is 4.57 Å². The molecule has 0 spiro atoms. The summed E-state index contributed by atoms with van der Waals surface area (Å²) in [7, 11) is 0. The molecule has 1 aliphatic carbocycles. The predicted molar refractivity (Wildman–Crippen MR) is 463 cm³/mol. The van der Waals surface area contributed by atoms with Crippen LogP contribution >= 0.6 is 0 Å². The van der Waals surface area contributed by atoms with E-state index in [1.807, 2.05) is 6.07 Å². The Morgan fingerprint density at radius 2 is 0.682 bits per heavy atom. The number of fused-ring (bicyclic) bond motifs is 9. The van der Waals surface area contributed by atoms with Crippen molar-refractivity contribution in [1.82, 2.24) is 4.57 Å². The predicted octanol–water partition coefficient (Wildman–Crippen LogP) is 28.9. The van der Waals surface area contributed by atoms with Crippen LogP contribution in [0.2, 0.25) is 0 Å². The highest BCUT2D eigenvalue weighted by Crippen LogP contribution is 2.66. The summed E-state index contributed by atoms with van der Waals surface area (Å²) in [6.45, 7) is 13.8. The van der Waals surface area contributed by atoms with Gasteiger partial charge in [0.2, 0.25) is 0 Å². The summed E-state index contributed by atoms with van der Waals surface area (Å²) in [6, 6.07) is 114.